The lowest BCUT2D eigenvalue weighted by molar-refractivity contribution is 0.0953. The molecule has 4 aromatic rings. The van der Waals surface area contributed by atoms with Crippen molar-refractivity contribution in [1.29, 1.82) is 0 Å². The number of amides is 1. The number of rotatable bonds is 9. The van der Waals surface area contributed by atoms with Gasteiger partial charge in [-0.3, -0.25) is 9.78 Å². The SMILES string of the molecule is O=C(NCCCCOc1ccccc1)c1cn(-c2ccccc2)nc1-c1cccnc1. The highest BCUT2D eigenvalue weighted by atomic mass is 16.5. The molecule has 0 saturated heterocycles. The molecule has 0 atom stereocenters. The smallest absolute Gasteiger partial charge is 0.255 e. The van der Waals surface area contributed by atoms with Crippen LogP contribution in [0.25, 0.3) is 16.9 Å². The number of para-hydroxylation sites is 2. The molecule has 1 amide bonds. The van der Waals surface area contributed by atoms with Gasteiger partial charge in [-0.05, 0) is 49.2 Å². The summed E-state index contributed by atoms with van der Waals surface area (Å²) in [7, 11) is 0. The van der Waals surface area contributed by atoms with Crippen molar-refractivity contribution in [2.45, 2.75) is 12.8 Å². The molecule has 6 nitrogen and oxygen atoms in total. The van der Waals surface area contributed by atoms with E-state index in [1.165, 1.54) is 0 Å². The van der Waals surface area contributed by atoms with Crippen LogP contribution >= 0.6 is 0 Å². The minimum atomic E-state index is -0.148. The average Bonchev–Trinajstić information content (AvgIpc) is 3.29. The Morgan fingerprint density at radius 3 is 2.45 bits per heavy atom. The van der Waals surface area contributed by atoms with Crippen molar-refractivity contribution < 1.29 is 9.53 Å². The fourth-order valence-corrected chi connectivity index (χ4v) is 3.20. The third-order valence-electron chi connectivity index (χ3n) is 4.78. The Morgan fingerprint density at radius 2 is 1.71 bits per heavy atom. The summed E-state index contributed by atoms with van der Waals surface area (Å²) in [5.74, 6) is 0.714. The largest absolute Gasteiger partial charge is 0.494 e. The van der Waals surface area contributed by atoms with E-state index in [2.05, 4.69) is 15.4 Å². The molecule has 0 radical (unpaired) electrons. The minimum absolute atomic E-state index is 0.148. The maximum atomic E-state index is 12.9. The molecule has 156 valence electrons. The topological polar surface area (TPSA) is 69.0 Å². The van der Waals surface area contributed by atoms with Crippen LogP contribution in [0, 0.1) is 0 Å². The molecule has 0 aliphatic carbocycles. The molecular formula is C25H24N4O2. The van der Waals surface area contributed by atoms with Gasteiger partial charge in [0.1, 0.15) is 11.4 Å². The number of unbranched alkanes of at least 4 members (excludes halogenated alkanes) is 1. The minimum Gasteiger partial charge on any atom is -0.494 e. The number of nitrogens with zero attached hydrogens (tertiary/aromatic N) is 3. The molecule has 0 aliphatic rings. The maximum Gasteiger partial charge on any atom is 0.255 e. The normalized spacial score (nSPS) is 10.6. The molecule has 2 heterocycles. The fourth-order valence-electron chi connectivity index (χ4n) is 3.20. The number of hydrogen-bond donors (Lipinski definition) is 1. The van der Waals surface area contributed by atoms with Gasteiger partial charge in [0.05, 0.1) is 17.9 Å². The van der Waals surface area contributed by atoms with E-state index in [1.807, 2.05) is 72.8 Å². The van der Waals surface area contributed by atoms with E-state index in [0.717, 1.165) is 29.8 Å². The second-order valence-corrected chi connectivity index (χ2v) is 7.04. The Morgan fingerprint density at radius 1 is 0.935 bits per heavy atom. The van der Waals surface area contributed by atoms with Crippen molar-refractivity contribution in [3.63, 3.8) is 0 Å². The van der Waals surface area contributed by atoms with Crippen LogP contribution in [-0.2, 0) is 0 Å². The van der Waals surface area contributed by atoms with Gasteiger partial charge in [-0.1, -0.05) is 36.4 Å². The molecule has 0 saturated carbocycles. The molecule has 2 aromatic heterocycles. The van der Waals surface area contributed by atoms with Gasteiger partial charge in [0.2, 0.25) is 0 Å². The quantitative estimate of drug-likeness (QED) is 0.410. The van der Waals surface area contributed by atoms with Gasteiger partial charge >= 0.3 is 0 Å². The van der Waals surface area contributed by atoms with Crippen LogP contribution in [-0.4, -0.2) is 33.8 Å². The summed E-state index contributed by atoms with van der Waals surface area (Å²) in [6.45, 7) is 1.19. The van der Waals surface area contributed by atoms with Gasteiger partial charge in [0.15, 0.2) is 0 Å². The number of carbonyl (C=O) groups is 1. The van der Waals surface area contributed by atoms with Gasteiger partial charge in [-0.2, -0.15) is 5.10 Å². The van der Waals surface area contributed by atoms with E-state index in [1.54, 1.807) is 23.3 Å². The van der Waals surface area contributed by atoms with Crippen molar-refractivity contribution in [2.75, 3.05) is 13.2 Å². The molecule has 0 bridgehead atoms. The lowest BCUT2D eigenvalue weighted by atomic mass is 10.1. The lowest BCUT2D eigenvalue weighted by Gasteiger charge is -2.07. The first kappa shape index (κ1) is 20.3. The highest BCUT2D eigenvalue weighted by molar-refractivity contribution is 5.99. The monoisotopic (exact) mass is 412 g/mol. The van der Waals surface area contributed by atoms with Crippen molar-refractivity contribution in [3.05, 3.63) is 97.0 Å². The zero-order valence-electron chi connectivity index (χ0n) is 17.1. The van der Waals surface area contributed by atoms with E-state index in [4.69, 9.17) is 4.74 Å². The summed E-state index contributed by atoms with van der Waals surface area (Å²) < 4.78 is 7.42. The van der Waals surface area contributed by atoms with Crippen LogP contribution < -0.4 is 10.1 Å². The fraction of sp³-hybridized carbons (Fsp3) is 0.160. The Kier molecular flexibility index (Phi) is 6.70. The standard InChI is InChI=1S/C25H24N4O2/c30-25(27-16-7-8-17-31-22-13-5-2-6-14-22)23-19-29(21-11-3-1-4-12-21)28-24(23)20-10-9-15-26-18-20/h1-6,9-15,18-19H,7-8,16-17H2,(H,27,30). The first-order valence-corrected chi connectivity index (χ1v) is 10.3. The van der Waals surface area contributed by atoms with Crippen molar-refractivity contribution in [3.8, 4) is 22.7 Å². The third-order valence-corrected chi connectivity index (χ3v) is 4.78. The Bertz CT molecular complexity index is 1100. The predicted molar refractivity (Wildman–Crippen MR) is 120 cm³/mol. The lowest BCUT2D eigenvalue weighted by Crippen LogP contribution is -2.25. The summed E-state index contributed by atoms with van der Waals surface area (Å²) in [5, 5.41) is 7.66. The molecular weight excluding hydrogens is 388 g/mol. The number of carbonyl (C=O) groups excluding carboxylic acids is 1. The van der Waals surface area contributed by atoms with Gasteiger partial charge in [-0.15, -0.1) is 0 Å². The zero-order valence-corrected chi connectivity index (χ0v) is 17.1. The van der Waals surface area contributed by atoms with Gasteiger partial charge in [0.25, 0.3) is 5.91 Å². The summed E-state index contributed by atoms with van der Waals surface area (Å²) in [5.41, 5.74) is 2.84. The third kappa shape index (κ3) is 5.36. The van der Waals surface area contributed by atoms with Crippen LogP contribution in [0.2, 0.25) is 0 Å². The molecule has 0 spiro atoms. The molecule has 0 fully saturated rings. The van der Waals surface area contributed by atoms with Crippen molar-refractivity contribution in [1.82, 2.24) is 20.1 Å². The number of pyridine rings is 1. The van der Waals surface area contributed by atoms with E-state index in [9.17, 15) is 4.79 Å². The number of benzene rings is 2. The van der Waals surface area contributed by atoms with E-state index in [-0.39, 0.29) is 5.91 Å². The Hall–Kier alpha value is -3.93. The molecule has 4 rings (SSSR count). The van der Waals surface area contributed by atoms with Gasteiger partial charge in [-0.25, -0.2) is 4.68 Å². The second-order valence-electron chi connectivity index (χ2n) is 7.04. The van der Waals surface area contributed by atoms with E-state index >= 15 is 0 Å². The Labute approximate surface area is 181 Å². The first-order valence-electron chi connectivity index (χ1n) is 10.3. The first-order chi connectivity index (χ1) is 15.3. The highest BCUT2D eigenvalue weighted by Gasteiger charge is 2.18. The summed E-state index contributed by atoms with van der Waals surface area (Å²) in [6.07, 6.45) is 6.87. The Balaban J connectivity index is 1.39. The molecule has 1 N–H and O–H groups in total. The van der Waals surface area contributed by atoms with Gasteiger partial charge in [0, 0.05) is 30.7 Å². The van der Waals surface area contributed by atoms with Gasteiger partial charge < -0.3 is 10.1 Å². The van der Waals surface area contributed by atoms with E-state index in [0.29, 0.717) is 24.4 Å². The summed E-state index contributed by atoms with van der Waals surface area (Å²) in [6, 6.07) is 23.2. The van der Waals surface area contributed by atoms with Crippen LogP contribution in [0.3, 0.4) is 0 Å². The molecule has 0 unspecified atom stereocenters. The number of aromatic nitrogens is 3. The van der Waals surface area contributed by atoms with Crippen LogP contribution in [0.1, 0.15) is 23.2 Å². The average molecular weight is 412 g/mol. The molecule has 31 heavy (non-hydrogen) atoms. The van der Waals surface area contributed by atoms with Crippen LogP contribution in [0.5, 0.6) is 5.75 Å². The number of nitrogens with one attached hydrogen (secondary N) is 1. The van der Waals surface area contributed by atoms with Crippen molar-refractivity contribution in [2.24, 2.45) is 0 Å². The zero-order chi connectivity index (χ0) is 21.3. The van der Waals surface area contributed by atoms with Crippen molar-refractivity contribution >= 4 is 5.91 Å². The van der Waals surface area contributed by atoms with Crippen LogP contribution in [0.4, 0.5) is 0 Å². The highest BCUT2D eigenvalue weighted by Crippen LogP contribution is 2.23. The predicted octanol–water partition coefficient (Wildman–Crippen LogP) is 4.52. The number of ether oxygens (including phenoxy) is 1. The summed E-state index contributed by atoms with van der Waals surface area (Å²) >= 11 is 0. The molecule has 0 aliphatic heterocycles. The van der Waals surface area contributed by atoms with Crippen LogP contribution in [0.15, 0.2) is 91.4 Å². The maximum absolute atomic E-state index is 12.9. The number of hydrogen-bond acceptors (Lipinski definition) is 4. The molecule has 6 heteroatoms. The summed E-state index contributed by atoms with van der Waals surface area (Å²) in [4.78, 5) is 17.1. The molecule has 2 aromatic carbocycles. The second kappa shape index (κ2) is 10.2. The van der Waals surface area contributed by atoms with E-state index < -0.39 is 0 Å².